The molecule has 0 unspecified atom stereocenters. The van der Waals surface area contributed by atoms with E-state index in [4.69, 9.17) is 5.73 Å². The third kappa shape index (κ3) is 6.06. The van der Waals surface area contributed by atoms with E-state index in [0.717, 1.165) is 11.6 Å². The summed E-state index contributed by atoms with van der Waals surface area (Å²) in [6.45, 7) is 12.0. The maximum absolute atomic E-state index is 12.7. The Bertz CT molecular complexity index is 472. The molecule has 6 heteroatoms. The number of allylic oxidation sites excluding steroid dienone is 4. The van der Waals surface area contributed by atoms with Crippen LogP contribution >= 0.6 is 0 Å². The first-order valence-electron chi connectivity index (χ1n) is 6.63. The fraction of sp³-hybridized carbons (Fsp3) is 0.533. The number of primary amides is 1. The molecule has 0 saturated heterocycles. The maximum atomic E-state index is 12.7. The minimum Gasteiger partial charge on any atom is -0.351 e. The van der Waals surface area contributed by atoms with Crippen LogP contribution in [0.4, 0.5) is 18.0 Å². The number of amides is 2. The zero-order valence-electron chi connectivity index (χ0n) is 13.1. The van der Waals surface area contributed by atoms with Crippen LogP contribution in [0.5, 0.6) is 0 Å². The van der Waals surface area contributed by atoms with Crippen LogP contribution < -0.4 is 11.1 Å². The van der Waals surface area contributed by atoms with Gasteiger partial charge in [-0.05, 0) is 36.0 Å². The lowest BCUT2D eigenvalue weighted by molar-refractivity contribution is -0.0879. The number of nitrogens with two attached hydrogens (primary N) is 1. The third-order valence-corrected chi connectivity index (χ3v) is 3.11. The molecule has 0 aromatic carbocycles. The third-order valence-electron chi connectivity index (χ3n) is 3.11. The van der Waals surface area contributed by atoms with E-state index in [0.29, 0.717) is 11.3 Å². The molecule has 0 saturated carbocycles. The van der Waals surface area contributed by atoms with E-state index in [1.54, 1.807) is 20.8 Å². The lowest BCUT2D eigenvalue weighted by Gasteiger charge is -2.22. The summed E-state index contributed by atoms with van der Waals surface area (Å²) in [6, 6.07) is -0.811. The zero-order chi connectivity index (χ0) is 17.0. The molecule has 0 radical (unpaired) electrons. The van der Waals surface area contributed by atoms with Crippen LogP contribution in [0, 0.1) is 11.8 Å². The standard InChI is InChI=1S/C15H23F3N2O/c1-8(2)11(6)13(20-14(19)21)12(9(3)4)7-10(5)15(16,17)18/h7-9H,5H2,1-4,6H3,(H3,19,20,21)/b12-7-,13-11-. The smallest absolute Gasteiger partial charge is 0.351 e. The van der Waals surface area contributed by atoms with Crippen molar-refractivity contribution < 1.29 is 18.0 Å². The topological polar surface area (TPSA) is 55.1 Å². The van der Waals surface area contributed by atoms with E-state index in [1.807, 2.05) is 13.8 Å². The molecule has 0 fully saturated rings. The van der Waals surface area contributed by atoms with E-state index < -0.39 is 17.8 Å². The Morgan fingerprint density at radius 3 is 1.95 bits per heavy atom. The number of carbonyl (C=O) groups is 1. The van der Waals surface area contributed by atoms with Gasteiger partial charge in [0.05, 0.1) is 0 Å². The average molecular weight is 304 g/mol. The Kier molecular flexibility index (Phi) is 6.73. The van der Waals surface area contributed by atoms with Crippen LogP contribution in [-0.2, 0) is 0 Å². The first-order valence-corrected chi connectivity index (χ1v) is 6.63. The number of alkyl halides is 3. The number of urea groups is 1. The number of carbonyl (C=O) groups excluding carboxylic acids is 1. The van der Waals surface area contributed by atoms with Crippen LogP contribution in [-0.4, -0.2) is 12.2 Å². The molecule has 0 rings (SSSR count). The Labute approximate surface area is 123 Å². The number of rotatable bonds is 5. The first-order chi connectivity index (χ1) is 9.37. The van der Waals surface area contributed by atoms with E-state index in [9.17, 15) is 18.0 Å². The highest BCUT2D eigenvalue weighted by atomic mass is 19.4. The van der Waals surface area contributed by atoms with Crippen LogP contribution in [0.15, 0.2) is 35.1 Å². The molecule has 0 spiro atoms. The first kappa shape index (κ1) is 19.3. The Morgan fingerprint density at radius 1 is 1.19 bits per heavy atom. The quantitative estimate of drug-likeness (QED) is 0.732. The summed E-state index contributed by atoms with van der Waals surface area (Å²) < 4.78 is 38.1. The number of hydrogen-bond acceptors (Lipinski definition) is 1. The van der Waals surface area contributed by atoms with Gasteiger partial charge in [-0.2, -0.15) is 13.2 Å². The van der Waals surface area contributed by atoms with Crippen molar-refractivity contribution in [2.24, 2.45) is 17.6 Å². The van der Waals surface area contributed by atoms with Crippen molar-refractivity contribution >= 4 is 6.03 Å². The monoisotopic (exact) mass is 304 g/mol. The molecule has 0 aromatic heterocycles. The molecule has 120 valence electrons. The molecule has 0 atom stereocenters. The van der Waals surface area contributed by atoms with E-state index in [1.165, 1.54) is 0 Å². The summed E-state index contributed by atoms with van der Waals surface area (Å²) >= 11 is 0. The Hall–Kier alpha value is -1.72. The highest BCUT2D eigenvalue weighted by molar-refractivity contribution is 5.75. The molecule has 0 aliphatic carbocycles. The molecule has 3 N–H and O–H groups in total. The van der Waals surface area contributed by atoms with Crippen molar-refractivity contribution in [2.45, 2.75) is 40.8 Å². The van der Waals surface area contributed by atoms with Crippen molar-refractivity contribution in [2.75, 3.05) is 0 Å². The van der Waals surface area contributed by atoms with Gasteiger partial charge in [-0.15, -0.1) is 0 Å². The van der Waals surface area contributed by atoms with Crippen molar-refractivity contribution in [3.63, 3.8) is 0 Å². The molecule has 0 aliphatic heterocycles. The fourth-order valence-corrected chi connectivity index (χ4v) is 1.61. The average Bonchev–Trinajstić information content (AvgIpc) is 2.30. The van der Waals surface area contributed by atoms with Gasteiger partial charge < -0.3 is 11.1 Å². The van der Waals surface area contributed by atoms with E-state index >= 15 is 0 Å². The van der Waals surface area contributed by atoms with Gasteiger partial charge in [0.25, 0.3) is 0 Å². The maximum Gasteiger partial charge on any atom is 0.415 e. The second-order valence-corrected chi connectivity index (χ2v) is 5.48. The van der Waals surface area contributed by atoms with Crippen LogP contribution in [0.25, 0.3) is 0 Å². The van der Waals surface area contributed by atoms with Gasteiger partial charge in [0.2, 0.25) is 0 Å². The SMILES string of the molecule is C=C(/C=C(\C(NC(N)=O)=C(/C)C(C)C)C(C)C)C(F)(F)F. The summed E-state index contributed by atoms with van der Waals surface area (Å²) in [4.78, 5) is 11.2. The number of nitrogens with one attached hydrogen (secondary N) is 1. The summed E-state index contributed by atoms with van der Waals surface area (Å²) in [5, 5.41) is 2.44. The Balaban J connectivity index is 6.00. The Morgan fingerprint density at radius 2 is 1.67 bits per heavy atom. The van der Waals surface area contributed by atoms with Gasteiger partial charge in [-0.25, -0.2) is 4.79 Å². The molecule has 2 amide bonds. The van der Waals surface area contributed by atoms with Crippen molar-refractivity contribution in [1.82, 2.24) is 5.32 Å². The summed E-state index contributed by atoms with van der Waals surface area (Å²) in [7, 11) is 0. The summed E-state index contributed by atoms with van der Waals surface area (Å²) in [5.74, 6) is -0.187. The van der Waals surface area contributed by atoms with E-state index in [-0.39, 0.29) is 11.8 Å². The molecule has 0 aliphatic rings. The van der Waals surface area contributed by atoms with Gasteiger partial charge in [0.1, 0.15) is 0 Å². The minimum absolute atomic E-state index is 0.0492. The van der Waals surface area contributed by atoms with Crippen molar-refractivity contribution in [3.05, 3.63) is 35.1 Å². The van der Waals surface area contributed by atoms with Crippen molar-refractivity contribution in [1.29, 1.82) is 0 Å². The van der Waals surface area contributed by atoms with Crippen LogP contribution in [0.3, 0.4) is 0 Å². The van der Waals surface area contributed by atoms with Gasteiger partial charge in [0.15, 0.2) is 0 Å². The summed E-state index contributed by atoms with van der Waals surface area (Å²) in [6.07, 6.45) is -3.55. The highest BCUT2D eigenvalue weighted by Crippen LogP contribution is 2.31. The van der Waals surface area contributed by atoms with Crippen LogP contribution in [0.2, 0.25) is 0 Å². The number of hydrogen-bond donors (Lipinski definition) is 2. The van der Waals surface area contributed by atoms with Gasteiger partial charge in [-0.3, -0.25) is 0 Å². The molecule has 3 nitrogen and oxygen atoms in total. The lowest BCUT2D eigenvalue weighted by atomic mass is 9.91. The van der Waals surface area contributed by atoms with Gasteiger partial charge in [-0.1, -0.05) is 34.3 Å². The van der Waals surface area contributed by atoms with Crippen molar-refractivity contribution in [3.8, 4) is 0 Å². The summed E-state index contributed by atoms with van der Waals surface area (Å²) in [5.41, 5.74) is 5.60. The molecular weight excluding hydrogens is 281 g/mol. The highest BCUT2D eigenvalue weighted by Gasteiger charge is 2.31. The zero-order valence-corrected chi connectivity index (χ0v) is 13.1. The predicted molar refractivity (Wildman–Crippen MR) is 78.4 cm³/mol. The predicted octanol–water partition coefficient (Wildman–Crippen LogP) is 4.29. The van der Waals surface area contributed by atoms with E-state index in [2.05, 4.69) is 11.9 Å². The second kappa shape index (κ2) is 7.33. The molecule has 0 heterocycles. The molecule has 0 aromatic rings. The largest absolute Gasteiger partial charge is 0.415 e. The van der Waals surface area contributed by atoms with Crippen LogP contribution in [0.1, 0.15) is 34.6 Å². The molecule has 0 bridgehead atoms. The lowest BCUT2D eigenvalue weighted by Crippen LogP contribution is -2.32. The second-order valence-electron chi connectivity index (χ2n) is 5.48. The fourth-order valence-electron chi connectivity index (χ4n) is 1.61. The normalized spacial score (nSPS) is 14.3. The minimum atomic E-state index is -4.51. The van der Waals surface area contributed by atoms with Gasteiger partial charge in [0, 0.05) is 11.3 Å². The molecule has 21 heavy (non-hydrogen) atoms. The van der Waals surface area contributed by atoms with Gasteiger partial charge >= 0.3 is 12.2 Å². The number of halogens is 3. The molecular formula is C15H23F3N2O.